The molecule has 1 aromatic heterocycles. The number of H-pyrrole nitrogens is 1. The van der Waals surface area contributed by atoms with Crippen molar-refractivity contribution in [3.8, 4) is 0 Å². The molecule has 0 aromatic carbocycles. The first kappa shape index (κ1) is 5.90. The van der Waals surface area contributed by atoms with Crippen molar-refractivity contribution >= 4 is 16.9 Å². The van der Waals surface area contributed by atoms with Gasteiger partial charge in [-0.05, 0) is 0 Å². The number of hydrogen-bond donors (Lipinski definition) is 1. The van der Waals surface area contributed by atoms with Gasteiger partial charge in [-0.3, -0.25) is 0 Å². The molecule has 1 rings (SSSR count). The third-order valence-corrected chi connectivity index (χ3v) is 1.41. The zero-order valence-corrected chi connectivity index (χ0v) is 6.34. The van der Waals surface area contributed by atoms with Crippen molar-refractivity contribution in [2.24, 2.45) is 0 Å². The summed E-state index contributed by atoms with van der Waals surface area (Å²) < 4.78 is 0. The Morgan fingerprint density at radius 1 is 1.75 bits per heavy atom. The molecular formula is C5H7AsN2. The number of aromatic amines is 1. The van der Waals surface area contributed by atoms with E-state index in [9.17, 15) is 0 Å². The Balaban J connectivity index is 2.50. The van der Waals surface area contributed by atoms with Gasteiger partial charge in [0.1, 0.15) is 0 Å². The summed E-state index contributed by atoms with van der Waals surface area (Å²) in [6, 6.07) is 0. The van der Waals surface area contributed by atoms with Crippen molar-refractivity contribution in [1.29, 1.82) is 0 Å². The summed E-state index contributed by atoms with van der Waals surface area (Å²) >= 11 is 2.54. The molecule has 2 radical (unpaired) electrons. The second kappa shape index (κ2) is 2.93. The molecule has 0 aliphatic rings. The predicted molar refractivity (Wildman–Crippen MR) is 32.9 cm³/mol. The average Bonchev–Trinajstić information content (AvgIpc) is 2.19. The standard InChI is InChI=1S/C5H7AsN2/c6-2-1-5-3-7-4-8-5/h3-4H,1-2H2,(H,7,8). The topological polar surface area (TPSA) is 28.7 Å². The molecule has 0 bridgehead atoms. The van der Waals surface area contributed by atoms with Crippen LogP contribution in [0, 0.1) is 0 Å². The Morgan fingerprint density at radius 3 is 3.12 bits per heavy atom. The van der Waals surface area contributed by atoms with Crippen LogP contribution in [0.4, 0.5) is 0 Å². The normalized spacial score (nSPS) is 9.62. The Hall–Kier alpha value is -0.232. The third-order valence-electron chi connectivity index (χ3n) is 0.936. The summed E-state index contributed by atoms with van der Waals surface area (Å²) in [4.78, 5) is 6.90. The van der Waals surface area contributed by atoms with Crippen LogP contribution in [-0.2, 0) is 6.42 Å². The van der Waals surface area contributed by atoms with Crippen LogP contribution >= 0.6 is 0 Å². The molecule has 0 saturated heterocycles. The fourth-order valence-electron chi connectivity index (χ4n) is 0.542. The van der Waals surface area contributed by atoms with Crippen LogP contribution in [0.25, 0.3) is 0 Å². The van der Waals surface area contributed by atoms with Crippen molar-refractivity contribution in [3.63, 3.8) is 0 Å². The molecule has 0 amide bonds. The maximum atomic E-state index is 3.88. The van der Waals surface area contributed by atoms with Gasteiger partial charge in [-0.15, -0.1) is 0 Å². The van der Waals surface area contributed by atoms with Gasteiger partial charge < -0.3 is 0 Å². The van der Waals surface area contributed by atoms with Gasteiger partial charge in [0.05, 0.1) is 0 Å². The van der Waals surface area contributed by atoms with Gasteiger partial charge in [0.2, 0.25) is 0 Å². The Morgan fingerprint density at radius 2 is 2.62 bits per heavy atom. The van der Waals surface area contributed by atoms with Crippen molar-refractivity contribution in [1.82, 2.24) is 9.97 Å². The van der Waals surface area contributed by atoms with E-state index >= 15 is 0 Å². The van der Waals surface area contributed by atoms with Crippen LogP contribution in [0.3, 0.4) is 0 Å². The van der Waals surface area contributed by atoms with Crippen LogP contribution in [0.5, 0.6) is 0 Å². The molecule has 0 aliphatic carbocycles. The molecule has 3 heteroatoms. The number of rotatable bonds is 2. The van der Waals surface area contributed by atoms with Crippen LogP contribution < -0.4 is 0 Å². The van der Waals surface area contributed by atoms with Gasteiger partial charge in [-0.2, -0.15) is 0 Å². The van der Waals surface area contributed by atoms with Crippen molar-refractivity contribution in [2.75, 3.05) is 0 Å². The van der Waals surface area contributed by atoms with E-state index in [2.05, 4.69) is 26.8 Å². The van der Waals surface area contributed by atoms with Crippen LogP contribution in [0.15, 0.2) is 12.5 Å². The SMILES string of the molecule is [As]CCc1cnc[nH]1. The van der Waals surface area contributed by atoms with E-state index in [-0.39, 0.29) is 0 Å². The molecule has 42 valence electrons. The second-order valence-electron chi connectivity index (χ2n) is 1.55. The molecule has 0 atom stereocenters. The second-order valence-corrected chi connectivity index (χ2v) is 2.49. The molecule has 8 heavy (non-hydrogen) atoms. The zero-order chi connectivity index (χ0) is 5.82. The van der Waals surface area contributed by atoms with E-state index in [1.165, 1.54) is 5.69 Å². The molecule has 0 saturated carbocycles. The number of hydrogen-bond acceptors (Lipinski definition) is 1. The number of aryl methyl sites for hydroxylation is 1. The zero-order valence-electron chi connectivity index (χ0n) is 4.46. The maximum absolute atomic E-state index is 3.88. The number of imidazole rings is 1. The summed E-state index contributed by atoms with van der Waals surface area (Å²) in [5.41, 5.74) is 1.21. The summed E-state index contributed by atoms with van der Waals surface area (Å²) in [7, 11) is 0. The van der Waals surface area contributed by atoms with Gasteiger partial charge in [0.15, 0.2) is 0 Å². The number of nitrogens with one attached hydrogen (secondary N) is 1. The van der Waals surface area contributed by atoms with E-state index in [0.29, 0.717) is 0 Å². The van der Waals surface area contributed by atoms with Crippen molar-refractivity contribution in [3.05, 3.63) is 18.2 Å². The number of aromatic nitrogens is 2. The van der Waals surface area contributed by atoms with Gasteiger partial charge in [-0.1, -0.05) is 0 Å². The average molecular weight is 170 g/mol. The predicted octanol–water partition coefficient (Wildman–Crippen LogP) is 0.539. The summed E-state index contributed by atoms with van der Waals surface area (Å²) in [6.45, 7) is 0. The fraction of sp³-hybridized carbons (Fsp3) is 0.400. The van der Waals surface area contributed by atoms with Gasteiger partial charge in [-0.25, -0.2) is 0 Å². The first-order valence-electron chi connectivity index (χ1n) is 2.51. The minimum atomic E-state index is 1.08. The van der Waals surface area contributed by atoms with Gasteiger partial charge >= 0.3 is 56.7 Å². The van der Waals surface area contributed by atoms with Crippen LogP contribution in [0.1, 0.15) is 5.69 Å². The Kier molecular flexibility index (Phi) is 2.16. The molecule has 0 spiro atoms. The van der Waals surface area contributed by atoms with Gasteiger partial charge in [0, 0.05) is 0 Å². The van der Waals surface area contributed by atoms with Gasteiger partial charge in [0.25, 0.3) is 0 Å². The van der Waals surface area contributed by atoms with E-state index in [1.54, 1.807) is 6.33 Å². The molecule has 2 nitrogen and oxygen atoms in total. The minimum absolute atomic E-state index is 1.08. The first-order chi connectivity index (χ1) is 3.93. The molecular weight excluding hydrogens is 163 g/mol. The van der Waals surface area contributed by atoms with E-state index in [1.807, 2.05) is 6.20 Å². The monoisotopic (exact) mass is 170 g/mol. The Bertz CT molecular complexity index is 136. The third kappa shape index (κ3) is 1.37. The fourth-order valence-corrected chi connectivity index (χ4v) is 1.05. The molecule has 1 heterocycles. The molecule has 1 N–H and O–H groups in total. The Labute approximate surface area is 57.2 Å². The molecule has 1 aromatic rings. The summed E-state index contributed by atoms with van der Waals surface area (Å²) in [5.74, 6) is 0. The molecule has 0 fully saturated rings. The van der Waals surface area contributed by atoms with Crippen molar-refractivity contribution < 1.29 is 0 Å². The van der Waals surface area contributed by atoms with E-state index in [0.717, 1.165) is 11.6 Å². The number of nitrogens with zero attached hydrogens (tertiary/aromatic N) is 1. The van der Waals surface area contributed by atoms with E-state index < -0.39 is 0 Å². The molecule has 0 aliphatic heterocycles. The quantitative estimate of drug-likeness (QED) is 0.644. The van der Waals surface area contributed by atoms with Crippen molar-refractivity contribution in [2.45, 2.75) is 11.6 Å². The summed E-state index contributed by atoms with van der Waals surface area (Å²) in [6.07, 6.45) is 4.64. The van der Waals surface area contributed by atoms with Crippen LogP contribution in [-0.4, -0.2) is 26.8 Å². The van der Waals surface area contributed by atoms with Crippen LogP contribution in [0.2, 0.25) is 5.21 Å². The first-order valence-corrected chi connectivity index (χ1v) is 3.84. The molecule has 0 unspecified atom stereocenters. The summed E-state index contributed by atoms with van der Waals surface area (Å²) in [5, 5.41) is 1.12. The van der Waals surface area contributed by atoms with E-state index in [4.69, 9.17) is 0 Å².